The number of carbonyl (C=O) groups is 2. The van der Waals surface area contributed by atoms with E-state index in [0.717, 1.165) is 38.5 Å². The molecule has 2 unspecified atom stereocenters. The van der Waals surface area contributed by atoms with Gasteiger partial charge in [0.1, 0.15) is 6.61 Å². The Kier molecular flexibility index (Phi) is 55.6. The Hall–Kier alpha value is -1.51. The number of hydrogen-bond acceptors (Lipinski definition) is 8. The van der Waals surface area contributed by atoms with Gasteiger partial charge >= 0.3 is 19.8 Å². The topological polar surface area (TPSA) is 134 Å². The number of ether oxygens (including phenoxy) is 2. The second kappa shape index (κ2) is 56.8. The van der Waals surface area contributed by atoms with E-state index in [2.05, 4.69) is 38.2 Å². The Morgan fingerprint density at radius 3 is 1.09 bits per heavy atom. The van der Waals surface area contributed by atoms with Crippen molar-refractivity contribution in [3.05, 3.63) is 24.3 Å². The third kappa shape index (κ3) is 55.8. The molecule has 0 aliphatic heterocycles. The van der Waals surface area contributed by atoms with E-state index in [-0.39, 0.29) is 38.6 Å². The van der Waals surface area contributed by atoms with E-state index < -0.39 is 26.5 Å². The van der Waals surface area contributed by atoms with E-state index in [1.54, 1.807) is 0 Å². The van der Waals surface area contributed by atoms with Gasteiger partial charge in [0.05, 0.1) is 13.2 Å². The lowest BCUT2D eigenvalue weighted by molar-refractivity contribution is -0.161. The molecule has 0 aromatic heterocycles. The quantitative estimate of drug-likeness (QED) is 0.0264. The van der Waals surface area contributed by atoms with Crippen LogP contribution >= 0.6 is 7.82 Å². The molecule has 0 fully saturated rings. The molecule has 9 nitrogen and oxygen atoms in total. The van der Waals surface area contributed by atoms with Crippen LogP contribution in [0.2, 0.25) is 0 Å². The van der Waals surface area contributed by atoms with Gasteiger partial charge in [0.2, 0.25) is 0 Å². The van der Waals surface area contributed by atoms with Crippen LogP contribution < -0.4 is 5.73 Å². The first-order valence-electron chi connectivity index (χ1n) is 30.3. The van der Waals surface area contributed by atoms with Crippen LogP contribution in [-0.4, -0.2) is 49.3 Å². The predicted octanol–water partition coefficient (Wildman–Crippen LogP) is 19.0. The molecular formula is C60H116NO8P. The zero-order chi connectivity index (χ0) is 51.0. The van der Waals surface area contributed by atoms with E-state index in [4.69, 9.17) is 24.3 Å². The summed E-state index contributed by atoms with van der Waals surface area (Å²) in [6, 6.07) is 0. The van der Waals surface area contributed by atoms with E-state index in [0.29, 0.717) is 6.42 Å². The van der Waals surface area contributed by atoms with Crippen molar-refractivity contribution in [2.45, 2.75) is 322 Å². The van der Waals surface area contributed by atoms with Crippen LogP contribution in [0.5, 0.6) is 0 Å². The molecule has 0 aliphatic rings. The summed E-state index contributed by atoms with van der Waals surface area (Å²) >= 11 is 0. The average Bonchev–Trinajstić information content (AvgIpc) is 3.35. The lowest BCUT2D eigenvalue weighted by Gasteiger charge is -2.19. The number of allylic oxidation sites excluding steroid dienone is 4. The molecule has 0 aromatic carbocycles. The van der Waals surface area contributed by atoms with Crippen LogP contribution in [0.15, 0.2) is 24.3 Å². The zero-order valence-corrected chi connectivity index (χ0v) is 47.2. The Labute approximate surface area is 433 Å². The molecule has 2 atom stereocenters. The van der Waals surface area contributed by atoms with Crippen molar-refractivity contribution in [2.75, 3.05) is 26.4 Å². The Bertz CT molecular complexity index is 1200. The van der Waals surface area contributed by atoms with E-state index >= 15 is 0 Å². The van der Waals surface area contributed by atoms with Gasteiger partial charge in [-0.05, 0) is 44.9 Å². The molecule has 0 saturated carbocycles. The summed E-state index contributed by atoms with van der Waals surface area (Å²) in [4.78, 5) is 35.1. The molecule has 0 aromatic rings. The highest BCUT2D eigenvalue weighted by molar-refractivity contribution is 7.47. The van der Waals surface area contributed by atoms with Gasteiger partial charge in [0.25, 0.3) is 0 Å². The summed E-state index contributed by atoms with van der Waals surface area (Å²) in [6.07, 6.45) is 66.9. The van der Waals surface area contributed by atoms with Crippen LogP contribution in [0.25, 0.3) is 0 Å². The fourth-order valence-corrected chi connectivity index (χ4v) is 9.85. The van der Waals surface area contributed by atoms with Crippen molar-refractivity contribution in [1.29, 1.82) is 0 Å². The SMILES string of the molecule is CCCCCCC/C=C\C/C=C\CCCCCCCCCCCCCCCCCCCCCCCCCC(=O)OC(COC(=O)CCCCCCCCCCCCCCCC)COP(=O)(O)OCCN. The number of phosphoric acid groups is 1. The summed E-state index contributed by atoms with van der Waals surface area (Å²) in [6.45, 7) is 3.78. The lowest BCUT2D eigenvalue weighted by atomic mass is 10.0. The first-order chi connectivity index (χ1) is 34.3. The molecule has 0 spiro atoms. The number of rotatable bonds is 58. The van der Waals surface area contributed by atoms with Gasteiger partial charge in [-0.1, -0.05) is 282 Å². The molecule has 0 heterocycles. The van der Waals surface area contributed by atoms with E-state index in [1.165, 1.54) is 244 Å². The first-order valence-corrected chi connectivity index (χ1v) is 31.8. The lowest BCUT2D eigenvalue weighted by Crippen LogP contribution is -2.29. The number of hydrogen-bond donors (Lipinski definition) is 2. The van der Waals surface area contributed by atoms with Crippen LogP contribution in [0.1, 0.15) is 316 Å². The average molecular weight is 1010 g/mol. The van der Waals surface area contributed by atoms with Gasteiger partial charge < -0.3 is 20.1 Å². The number of nitrogens with two attached hydrogens (primary N) is 1. The number of esters is 2. The van der Waals surface area contributed by atoms with Crippen LogP contribution in [0, 0.1) is 0 Å². The van der Waals surface area contributed by atoms with Gasteiger partial charge in [0.15, 0.2) is 6.10 Å². The van der Waals surface area contributed by atoms with Gasteiger partial charge in [-0.2, -0.15) is 0 Å². The molecule has 0 amide bonds. The van der Waals surface area contributed by atoms with Crippen molar-refractivity contribution in [3.63, 3.8) is 0 Å². The summed E-state index contributed by atoms with van der Waals surface area (Å²) in [5.41, 5.74) is 5.38. The third-order valence-electron chi connectivity index (χ3n) is 13.6. The molecule has 0 aliphatic carbocycles. The summed E-state index contributed by atoms with van der Waals surface area (Å²) in [5, 5.41) is 0. The van der Waals surface area contributed by atoms with Gasteiger partial charge in [-0.15, -0.1) is 0 Å². The minimum Gasteiger partial charge on any atom is -0.462 e. The van der Waals surface area contributed by atoms with E-state index in [9.17, 15) is 19.0 Å². The van der Waals surface area contributed by atoms with Crippen molar-refractivity contribution in [2.24, 2.45) is 5.73 Å². The minimum atomic E-state index is -4.38. The number of phosphoric ester groups is 1. The zero-order valence-electron chi connectivity index (χ0n) is 46.3. The predicted molar refractivity (Wildman–Crippen MR) is 298 cm³/mol. The summed E-state index contributed by atoms with van der Waals surface area (Å²) in [7, 11) is -4.38. The number of carbonyl (C=O) groups excluding carboxylic acids is 2. The van der Waals surface area contributed by atoms with E-state index in [1.807, 2.05) is 0 Å². The monoisotopic (exact) mass is 1010 g/mol. The first kappa shape index (κ1) is 68.5. The number of unbranched alkanes of at least 4 members (excludes halogenated alkanes) is 41. The van der Waals surface area contributed by atoms with Crippen molar-refractivity contribution >= 4 is 19.8 Å². The molecule has 0 radical (unpaired) electrons. The largest absolute Gasteiger partial charge is 0.472 e. The Balaban J connectivity index is 3.78. The molecule has 0 saturated heterocycles. The standard InChI is InChI=1S/C60H116NO8P/c1-3-5-7-9-11-13-15-17-19-20-21-22-23-24-25-26-27-28-29-30-31-32-33-34-35-36-37-38-39-41-43-45-47-49-51-53-60(63)69-58(57-68-70(64,65)67-55-54-61)56-66-59(62)52-50-48-46-44-42-40-18-16-14-12-10-8-6-4-2/h15,17,20-21,58H,3-14,16,18-19,22-57,61H2,1-2H3,(H,64,65)/b17-15-,21-20-. The molecule has 70 heavy (non-hydrogen) atoms. The highest BCUT2D eigenvalue weighted by Crippen LogP contribution is 2.43. The van der Waals surface area contributed by atoms with Crippen molar-refractivity contribution in [3.8, 4) is 0 Å². The van der Waals surface area contributed by atoms with Crippen LogP contribution in [-0.2, 0) is 32.7 Å². The maximum absolute atomic E-state index is 12.7. The molecule has 414 valence electrons. The summed E-state index contributed by atoms with van der Waals surface area (Å²) in [5.74, 6) is -0.808. The molecule has 0 rings (SSSR count). The Morgan fingerprint density at radius 1 is 0.429 bits per heavy atom. The van der Waals surface area contributed by atoms with Crippen molar-refractivity contribution in [1.82, 2.24) is 0 Å². The molecular weight excluding hydrogens is 894 g/mol. The normalized spacial score (nSPS) is 13.1. The van der Waals surface area contributed by atoms with Gasteiger partial charge in [-0.25, -0.2) is 4.57 Å². The fourth-order valence-electron chi connectivity index (χ4n) is 9.08. The highest BCUT2D eigenvalue weighted by atomic mass is 31.2. The van der Waals surface area contributed by atoms with Gasteiger partial charge in [-0.3, -0.25) is 18.6 Å². The maximum Gasteiger partial charge on any atom is 0.472 e. The highest BCUT2D eigenvalue weighted by Gasteiger charge is 2.26. The molecule has 0 bridgehead atoms. The third-order valence-corrected chi connectivity index (χ3v) is 14.6. The van der Waals surface area contributed by atoms with Crippen LogP contribution in [0.3, 0.4) is 0 Å². The van der Waals surface area contributed by atoms with Crippen LogP contribution in [0.4, 0.5) is 0 Å². The van der Waals surface area contributed by atoms with Gasteiger partial charge in [0, 0.05) is 19.4 Å². The molecule has 10 heteroatoms. The Morgan fingerprint density at radius 2 is 0.743 bits per heavy atom. The second-order valence-electron chi connectivity index (χ2n) is 20.6. The second-order valence-corrected chi connectivity index (χ2v) is 22.0. The van der Waals surface area contributed by atoms with Crippen molar-refractivity contribution < 1.29 is 37.6 Å². The smallest absolute Gasteiger partial charge is 0.462 e. The minimum absolute atomic E-state index is 0.0570. The molecule has 3 N–H and O–H groups in total. The fraction of sp³-hybridized carbons (Fsp3) is 0.900. The maximum atomic E-state index is 12.7. The summed E-state index contributed by atoms with van der Waals surface area (Å²) < 4.78 is 33.0.